The highest BCUT2D eigenvalue weighted by atomic mass is 14.4. The molecule has 0 atom stereocenters. The van der Waals surface area contributed by atoms with Crippen LogP contribution < -0.4 is 0 Å². The molecule has 0 fully saturated rings. The van der Waals surface area contributed by atoms with Gasteiger partial charge in [0.2, 0.25) is 0 Å². The molecule has 0 rings (SSSR count). The van der Waals surface area contributed by atoms with E-state index in [2.05, 4.69) is 0 Å². The van der Waals surface area contributed by atoms with Crippen molar-refractivity contribution in [2.75, 3.05) is 0 Å². The smallest absolute Gasteiger partial charge is 0.101 e. The van der Waals surface area contributed by atoms with Crippen molar-refractivity contribution in [3.05, 3.63) is 11.1 Å². The van der Waals surface area contributed by atoms with Gasteiger partial charge in [-0.1, -0.05) is 5.57 Å². The maximum atomic E-state index is 8.42. The molecule has 2 heteroatoms. The molecule has 9 heavy (non-hydrogen) atoms. The first-order valence-electron chi connectivity index (χ1n) is 2.72. The van der Waals surface area contributed by atoms with E-state index in [-0.39, 0.29) is 0 Å². The predicted octanol–water partition coefficient (Wildman–Crippen LogP) is 1.89. The molecule has 0 amide bonds. The third kappa shape index (κ3) is 2.09. The van der Waals surface area contributed by atoms with E-state index < -0.39 is 0 Å². The second-order valence-electron chi connectivity index (χ2n) is 2.11. The van der Waals surface area contributed by atoms with Crippen LogP contribution in [0.3, 0.4) is 0 Å². The Morgan fingerprint density at radius 2 is 1.78 bits per heavy atom. The van der Waals surface area contributed by atoms with Crippen LogP contribution in [0.1, 0.15) is 20.8 Å². The minimum atomic E-state index is 0.345. The van der Waals surface area contributed by atoms with Crippen molar-refractivity contribution in [3.63, 3.8) is 0 Å². The lowest BCUT2D eigenvalue weighted by Crippen LogP contribution is -1.93. The minimum absolute atomic E-state index is 0.345. The molecule has 0 heterocycles. The summed E-state index contributed by atoms with van der Waals surface area (Å²) in [5, 5.41) is 15.5. The summed E-state index contributed by atoms with van der Waals surface area (Å²) in [5.41, 5.74) is 1.75. The van der Waals surface area contributed by atoms with Gasteiger partial charge in [-0.3, -0.25) is 0 Å². The van der Waals surface area contributed by atoms with Crippen LogP contribution in [-0.4, -0.2) is 5.71 Å². The zero-order valence-electron chi connectivity index (χ0n) is 5.95. The topological polar surface area (TPSA) is 47.6 Å². The molecule has 0 radical (unpaired) electrons. The Hall–Kier alpha value is -1.10. The Bertz CT molecular complexity index is 189. The number of allylic oxidation sites excluding steroid dienone is 2. The van der Waals surface area contributed by atoms with Crippen LogP contribution in [-0.2, 0) is 0 Å². The first kappa shape index (κ1) is 7.90. The highest BCUT2D eigenvalue weighted by Crippen LogP contribution is 2.01. The summed E-state index contributed by atoms with van der Waals surface area (Å²) >= 11 is 0. The second-order valence-corrected chi connectivity index (χ2v) is 2.11. The molecular formula is C7H10N2. The normalized spacial score (nSPS) is 7.78. The highest BCUT2D eigenvalue weighted by molar-refractivity contribution is 5.99. The maximum absolute atomic E-state index is 8.42. The molecule has 48 valence electrons. The Morgan fingerprint density at radius 1 is 1.33 bits per heavy atom. The molecule has 2 nitrogen and oxygen atoms in total. The maximum Gasteiger partial charge on any atom is 0.101 e. The fourth-order valence-electron chi connectivity index (χ4n) is 0.571. The highest BCUT2D eigenvalue weighted by Gasteiger charge is 1.97. The lowest BCUT2D eigenvalue weighted by atomic mass is 10.1. The summed E-state index contributed by atoms with van der Waals surface area (Å²) in [6.45, 7) is 5.28. The summed E-state index contributed by atoms with van der Waals surface area (Å²) in [5.74, 6) is 0. The second kappa shape index (κ2) is 3.03. The van der Waals surface area contributed by atoms with Gasteiger partial charge < -0.3 is 5.41 Å². The first-order valence-corrected chi connectivity index (χ1v) is 2.72. The number of rotatable bonds is 1. The zero-order valence-corrected chi connectivity index (χ0v) is 5.95. The van der Waals surface area contributed by atoms with Crippen LogP contribution in [0.2, 0.25) is 0 Å². The summed E-state index contributed by atoms with van der Waals surface area (Å²) < 4.78 is 0. The van der Waals surface area contributed by atoms with Crippen molar-refractivity contribution in [2.45, 2.75) is 20.8 Å². The molecule has 0 saturated heterocycles. The molecule has 0 aromatic rings. The number of hydrogen-bond donors (Lipinski definition) is 1. The van der Waals surface area contributed by atoms with Gasteiger partial charge in [0.15, 0.2) is 0 Å². The lowest BCUT2D eigenvalue weighted by Gasteiger charge is -1.94. The Morgan fingerprint density at radius 3 is 1.78 bits per heavy atom. The SMILES string of the molecule is CC(=N)C(C#N)=C(C)C. The molecule has 0 spiro atoms. The van der Waals surface area contributed by atoms with Crippen molar-refractivity contribution >= 4 is 5.71 Å². The molecule has 1 N–H and O–H groups in total. The summed E-state index contributed by atoms with van der Waals surface area (Å²) in [6.07, 6.45) is 0. The summed E-state index contributed by atoms with van der Waals surface area (Å²) in [6, 6.07) is 1.96. The largest absolute Gasteiger partial charge is 0.304 e. The van der Waals surface area contributed by atoms with E-state index in [1.807, 2.05) is 19.9 Å². The Kier molecular flexibility index (Phi) is 2.66. The molecule has 0 aromatic carbocycles. The van der Waals surface area contributed by atoms with E-state index in [9.17, 15) is 0 Å². The van der Waals surface area contributed by atoms with E-state index in [4.69, 9.17) is 10.7 Å². The molecule has 0 aliphatic carbocycles. The fraction of sp³-hybridized carbons (Fsp3) is 0.429. The number of hydrogen-bond acceptors (Lipinski definition) is 2. The van der Waals surface area contributed by atoms with E-state index in [1.165, 1.54) is 0 Å². The van der Waals surface area contributed by atoms with E-state index in [1.54, 1.807) is 6.92 Å². The van der Waals surface area contributed by atoms with Crippen molar-refractivity contribution in [2.24, 2.45) is 0 Å². The van der Waals surface area contributed by atoms with E-state index in [0.717, 1.165) is 5.57 Å². The fourth-order valence-corrected chi connectivity index (χ4v) is 0.571. The Balaban J connectivity index is 4.62. The lowest BCUT2D eigenvalue weighted by molar-refractivity contribution is 1.33. The molecule has 0 aliphatic heterocycles. The van der Waals surface area contributed by atoms with Gasteiger partial charge in [-0.05, 0) is 20.8 Å². The molecular weight excluding hydrogens is 112 g/mol. The summed E-state index contributed by atoms with van der Waals surface area (Å²) in [7, 11) is 0. The van der Waals surface area contributed by atoms with Crippen LogP contribution in [0, 0.1) is 16.7 Å². The van der Waals surface area contributed by atoms with Gasteiger partial charge in [0.25, 0.3) is 0 Å². The monoisotopic (exact) mass is 122 g/mol. The number of nitrogens with one attached hydrogen (secondary N) is 1. The van der Waals surface area contributed by atoms with Crippen molar-refractivity contribution in [3.8, 4) is 6.07 Å². The van der Waals surface area contributed by atoms with Gasteiger partial charge in [0.05, 0.1) is 5.57 Å². The van der Waals surface area contributed by atoms with E-state index >= 15 is 0 Å². The minimum Gasteiger partial charge on any atom is -0.304 e. The average molecular weight is 122 g/mol. The van der Waals surface area contributed by atoms with Gasteiger partial charge in [0, 0.05) is 5.71 Å². The molecule has 0 bridgehead atoms. The number of nitriles is 1. The van der Waals surface area contributed by atoms with Crippen molar-refractivity contribution in [1.29, 1.82) is 10.7 Å². The van der Waals surface area contributed by atoms with Gasteiger partial charge in [-0.15, -0.1) is 0 Å². The molecule has 0 aliphatic rings. The van der Waals surface area contributed by atoms with E-state index in [0.29, 0.717) is 11.3 Å². The molecule has 0 aromatic heterocycles. The van der Waals surface area contributed by atoms with Crippen LogP contribution in [0.15, 0.2) is 11.1 Å². The predicted molar refractivity (Wildman–Crippen MR) is 37.4 cm³/mol. The average Bonchev–Trinajstić information content (AvgIpc) is 1.64. The standard InChI is InChI=1S/C7H10N2/c1-5(2)7(4-8)6(3)9/h9H,1-3H3. The van der Waals surface area contributed by atoms with Crippen molar-refractivity contribution in [1.82, 2.24) is 0 Å². The van der Waals surface area contributed by atoms with Crippen LogP contribution in [0.25, 0.3) is 0 Å². The molecule has 0 saturated carbocycles. The van der Waals surface area contributed by atoms with Crippen molar-refractivity contribution < 1.29 is 0 Å². The molecule has 0 unspecified atom stereocenters. The zero-order chi connectivity index (χ0) is 7.44. The summed E-state index contributed by atoms with van der Waals surface area (Å²) in [4.78, 5) is 0. The van der Waals surface area contributed by atoms with Crippen LogP contribution in [0.5, 0.6) is 0 Å². The van der Waals surface area contributed by atoms with Gasteiger partial charge in [-0.25, -0.2) is 0 Å². The van der Waals surface area contributed by atoms with Gasteiger partial charge in [0.1, 0.15) is 6.07 Å². The van der Waals surface area contributed by atoms with Gasteiger partial charge >= 0.3 is 0 Å². The van der Waals surface area contributed by atoms with Crippen LogP contribution >= 0.6 is 0 Å². The number of nitrogens with zero attached hydrogens (tertiary/aromatic N) is 1. The first-order chi connectivity index (χ1) is 4.09. The third-order valence-corrected chi connectivity index (χ3v) is 0.987. The van der Waals surface area contributed by atoms with Gasteiger partial charge in [-0.2, -0.15) is 5.26 Å². The quantitative estimate of drug-likeness (QED) is 0.419. The third-order valence-electron chi connectivity index (χ3n) is 0.987. The van der Waals surface area contributed by atoms with Crippen LogP contribution in [0.4, 0.5) is 0 Å². The Labute approximate surface area is 55.3 Å².